The Morgan fingerprint density at radius 1 is 1.21 bits per heavy atom. The number of benzene rings is 1. The van der Waals surface area contributed by atoms with Gasteiger partial charge in [-0.3, -0.25) is 14.3 Å². The second-order valence-corrected chi connectivity index (χ2v) is 6.79. The van der Waals surface area contributed by atoms with Gasteiger partial charge in [-0.2, -0.15) is 0 Å². The molecule has 1 aliphatic rings. The molecule has 1 fully saturated rings. The highest BCUT2D eigenvalue weighted by molar-refractivity contribution is 5.93. The average Bonchev–Trinajstić information content (AvgIpc) is 2.99. The van der Waals surface area contributed by atoms with Gasteiger partial charge in [0.1, 0.15) is 0 Å². The van der Waals surface area contributed by atoms with Crippen LogP contribution in [0.2, 0.25) is 0 Å². The molecule has 0 bridgehead atoms. The second-order valence-electron chi connectivity index (χ2n) is 6.79. The van der Waals surface area contributed by atoms with Crippen molar-refractivity contribution in [2.75, 3.05) is 26.2 Å². The Kier molecular flexibility index (Phi) is 5.69. The summed E-state index contributed by atoms with van der Waals surface area (Å²) >= 11 is 0. The third-order valence-electron chi connectivity index (χ3n) is 5.11. The summed E-state index contributed by atoms with van der Waals surface area (Å²) in [6.07, 6.45) is 7.01. The van der Waals surface area contributed by atoms with Crippen LogP contribution in [0.4, 0.5) is 0 Å². The number of nitrogens with zero attached hydrogens (tertiary/aromatic N) is 2. The summed E-state index contributed by atoms with van der Waals surface area (Å²) in [5.41, 5.74) is 2.36. The fraction of sp³-hybridized carbons (Fsp3) is 0.550. The minimum absolute atomic E-state index is 0.0880. The molecule has 0 radical (unpaired) electrons. The van der Waals surface area contributed by atoms with Crippen LogP contribution in [0.25, 0.3) is 10.9 Å². The molecule has 1 saturated heterocycles. The Balaban J connectivity index is 1.99. The molecule has 2 aromatic rings. The normalized spacial score (nSPS) is 17.2. The lowest BCUT2D eigenvalue weighted by Gasteiger charge is -2.35. The summed E-state index contributed by atoms with van der Waals surface area (Å²) in [6, 6.07) is 8.73. The van der Waals surface area contributed by atoms with Crippen molar-refractivity contribution in [3.8, 4) is 0 Å². The van der Waals surface area contributed by atoms with Crippen LogP contribution in [0.15, 0.2) is 30.5 Å². The van der Waals surface area contributed by atoms with Crippen LogP contribution in [-0.2, 0) is 0 Å². The number of hydrogen-bond acceptors (Lipinski definition) is 3. The zero-order valence-corrected chi connectivity index (χ0v) is 14.9. The maximum absolute atomic E-state index is 12.1. The molecule has 0 aliphatic carbocycles. The lowest BCUT2D eigenvalue weighted by Crippen LogP contribution is -2.45. The van der Waals surface area contributed by atoms with Crippen molar-refractivity contribution in [3.63, 3.8) is 0 Å². The third-order valence-corrected chi connectivity index (χ3v) is 5.11. The highest BCUT2D eigenvalue weighted by Crippen LogP contribution is 2.34. The number of para-hydroxylation sites is 1. The van der Waals surface area contributed by atoms with Crippen LogP contribution in [0.3, 0.4) is 0 Å². The fourth-order valence-electron chi connectivity index (χ4n) is 3.85. The molecular weight excluding hydrogens is 298 g/mol. The molecule has 0 unspecified atom stereocenters. The number of carbonyl (C=O) groups is 1. The lowest BCUT2D eigenvalue weighted by atomic mass is 9.97. The Hall–Kier alpha value is -1.65. The SMILES string of the molecule is CCCCC[C@H](c1cn(C(C)=O)c2ccccc12)N1CCNCC1. The van der Waals surface area contributed by atoms with Crippen LogP contribution in [0, 0.1) is 0 Å². The first-order chi connectivity index (χ1) is 11.7. The van der Waals surface area contributed by atoms with Gasteiger partial charge in [0, 0.05) is 50.7 Å². The van der Waals surface area contributed by atoms with Crippen LogP contribution < -0.4 is 5.32 Å². The van der Waals surface area contributed by atoms with E-state index in [9.17, 15) is 4.79 Å². The van der Waals surface area contributed by atoms with Crippen molar-refractivity contribution in [1.29, 1.82) is 0 Å². The molecule has 1 aromatic carbocycles. The zero-order chi connectivity index (χ0) is 16.9. The van der Waals surface area contributed by atoms with Gasteiger partial charge >= 0.3 is 0 Å². The largest absolute Gasteiger partial charge is 0.314 e. The number of piperazine rings is 1. The monoisotopic (exact) mass is 327 g/mol. The maximum atomic E-state index is 12.1. The van der Waals surface area contributed by atoms with E-state index in [0.29, 0.717) is 6.04 Å². The van der Waals surface area contributed by atoms with E-state index in [2.05, 4.69) is 41.5 Å². The fourth-order valence-corrected chi connectivity index (χ4v) is 3.85. The quantitative estimate of drug-likeness (QED) is 0.819. The highest BCUT2D eigenvalue weighted by atomic mass is 16.1. The van der Waals surface area contributed by atoms with Gasteiger partial charge < -0.3 is 5.32 Å². The highest BCUT2D eigenvalue weighted by Gasteiger charge is 2.25. The number of unbranched alkanes of at least 4 members (excludes halogenated alkanes) is 2. The summed E-state index contributed by atoms with van der Waals surface area (Å²) in [6.45, 7) is 8.16. The molecule has 1 N–H and O–H groups in total. The summed E-state index contributed by atoms with van der Waals surface area (Å²) in [5, 5.41) is 4.68. The van der Waals surface area contributed by atoms with Crippen LogP contribution in [-0.4, -0.2) is 41.6 Å². The van der Waals surface area contributed by atoms with E-state index in [1.807, 2.05) is 10.6 Å². The molecule has 24 heavy (non-hydrogen) atoms. The van der Waals surface area contributed by atoms with Crippen LogP contribution in [0.5, 0.6) is 0 Å². The Morgan fingerprint density at radius 3 is 2.67 bits per heavy atom. The van der Waals surface area contributed by atoms with Crippen molar-refractivity contribution in [2.45, 2.75) is 45.6 Å². The molecule has 1 aliphatic heterocycles. The first-order valence-corrected chi connectivity index (χ1v) is 9.28. The van der Waals surface area contributed by atoms with E-state index >= 15 is 0 Å². The Morgan fingerprint density at radius 2 is 1.96 bits per heavy atom. The number of hydrogen-bond donors (Lipinski definition) is 1. The number of aromatic nitrogens is 1. The zero-order valence-electron chi connectivity index (χ0n) is 14.9. The lowest BCUT2D eigenvalue weighted by molar-refractivity contribution is 0.0941. The molecule has 1 atom stereocenters. The van der Waals surface area contributed by atoms with Gasteiger partial charge in [-0.25, -0.2) is 0 Å². The maximum Gasteiger partial charge on any atom is 0.227 e. The van der Waals surface area contributed by atoms with Crippen molar-refractivity contribution in [3.05, 3.63) is 36.0 Å². The van der Waals surface area contributed by atoms with E-state index in [1.165, 1.54) is 36.6 Å². The van der Waals surface area contributed by atoms with Crippen molar-refractivity contribution in [1.82, 2.24) is 14.8 Å². The van der Waals surface area contributed by atoms with Crippen molar-refractivity contribution < 1.29 is 4.79 Å². The van der Waals surface area contributed by atoms with Gasteiger partial charge in [-0.05, 0) is 18.1 Å². The van der Waals surface area contributed by atoms with E-state index in [1.54, 1.807) is 6.92 Å². The molecule has 4 heteroatoms. The second kappa shape index (κ2) is 7.95. The van der Waals surface area contributed by atoms with E-state index in [4.69, 9.17) is 0 Å². The number of fused-ring (bicyclic) bond motifs is 1. The average molecular weight is 327 g/mol. The summed E-state index contributed by atoms with van der Waals surface area (Å²) < 4.78 is 1.82. The van der Waals surface area contributed by atoms with E-state index in [0.717, 1.165) is 31.7 Å². The molecule has 4 nitrogen and oxygen atoms in total. The van der Waals surface area contributed by atoms with Gasteiger partial charge in [0.15, 0.2) is 0 Å². The molecule has 1 aromatic heterocycles. The van der Waals surface area contributed by atoms with Crippen molar-refractivity contribution in [2.24, 2.45) is 0 Å². The molecular formula is C20H29N3O. The van der Waals surface area contributed by atoms with Gasteiger partial charge in [-0.1, -0.05) is 44.4 Å². The summed E-state index contributed by atoms with van der Waals surface area (Å²) in [4.78, 5) is 14.7. The van der Waals surface area contributed by atoms with Gasteiger partial charge in [-0.15, -0.1) is 0 Å². The minimum atomic E-state index is 0.0880. The minimum Gasteiger partial charge on any atom is -0.314 e. The van der Waals surface area contributed by atoms with Gasteiger partial charge in [0.25, 0.3) is 0 Å². The molecule has 0 saturated carbocycles. The smallest absolute Gasteiger partial charge is 0.227 e. The predicted molar refractivity (Wildman–Crippen MR) is 99.6 cm³/mol. The Bertz CT molecular complexity index is 685. The first-order valence-electron chi connectivity index (χ1n) is 9.28. The third kappa shape index (κ3) is 3.55. The van der Waals surface area contributed by atoms with Gasteiger partial charge in [0.05, 0.1) is 5.52 Å². The standard InChI is InChI=1S/C20H29N3O/c1-3-4-5-9-19(22-13-11-21-12-14-22)18-15-23(16(2)24)20-10-7-6-8-17(18)20/h6-8,10,15,19,21H,3-5,9,11-14H2,1-2H3/t19-/m1/s1. The first kappa shape index (κ1) is 17.2. The summed E-state index contributed by atoms with van der Waals surface area (Å²) in [5.74, 6) is 0.0880. The van der Waals surface area contributed by atoms with E-state index in [-0.39, 0.29) is 5.91 Å². The molecule has 3 rings (SSSR count). The molecule has 2 heterocycles. The topological polar surface area (TPSA) is 37.3 Å². The molecule has 130 valence electrons. The number of rotatable bonds is 6. The Labute approximate surface area is 144 Å². The summed E-state index contributed by atoms with van der Waals surface area (Å²) in [7, 11) is 0. The number of nitrogens with one attached hydrogen (secondary N) is 1. The predicted octanol–water partition coefficient (Wildman–Crippen LogP) is 3.83. The number of carbonyl (C=O) groups excluding carboxylic acids is 1. The molecule has 0 amide bonds. The molecule has 0 spiro atoms. The van der Waals surface area contributed by atoms with Crippen molar-refractivity contribution >= 4 is 16.8 Å². The van der Waals surface area contributed by atoms with E-state index < -0.39 is 0 Å². The van der Waals surface area contributed by atoms with Crippen LogP contribution in [0.1, 0.15) is 55.9 Å². The van der Waals surface area contributed by atoms with Gasteiger partial charge in [0.2, 0.25) is 5.91 Å². The van der Waals surface area contributed by atoms with Crippen LogP contribution >= 0.6 is 0 Å².